The number of halogens is 4. The van der Waals surface area contributed by atoms with Crippen molar-refractivity contribution in [3.63, 3.8) is 0 Å². The van der Waals surface area contributed by atoms with Crippen LogP contribution in [0, 0.1) is 0 Å². The molecule has 1 aromatic heterocycles. The van der Waals surface area contributed by atoms with Crippen molar-refractivity contribution >= 4 is 22.6 Å². The standard InChI is InChI=1S/C13H13ClF3N3/c1-20-10-6-8(14)2-3-9(10)19-11(20)12(13(15,16)17)4-5-18-7-12/h2-3,6,18H,4-5,7H2,1H3. The Kier molecular flexibility index (Phi) is 2.99. The Morgan fingerprint density at radius 2 is 2.15 bits per heavy atom. The van der Waals surface area contributed by atoms with Gasteiger partial charge in [0.05, 0.1) is 11.0 Å². The van der Waals surface area contributed by atoms with Crippen LogP contribution in [0.5, 0.6) is 0 Å². The van der Waals surface area contributed by atoms with Crippen LogP contribution in [0.3, 0.4) is 0 Å². The molecule has 1 fully saturated rings. The lowest BCUT2D eigenvalue weighted by Crippen LogP contribution is -2.46. The lowest BCUT2D eigenvalue weighted by Gasteiger charge is -2.30. The first-order valence-electron chi connectivity index (χ1n) is 6.25. The van der Waals surface area contributed by atoms with Crippen LogP contribution < -0.4 is 5.32 Å². The predicted octanol–water partition coefficient (Wildman–Crippen LogP) is 3.02. The van der Waals surface area contributed by atoms with E-state index < -0.39 is 11.6 Å². The Morgan fingerprint density at radius 1 is 1.40 bits per heavy atom. The van der Waals surface area contributed by atoms with Crippen LogP contribution in [0.2, 0.25) is 5.02 Å². The molecule has 3 rings (SSSR count). The van der Waals surface area contributed by atoms with Gasteiger partial charge in [0, 0.05) is 18.6 Å². The summed E-state index contributed by atoms with van der Waals surface area (Å²) in [6.07, 6.45) is -4.34. The largest absolute Gasteiger partial charge is 0.402 e. The zero-order valence-corrected chi connectivity index (χ0v) is 11.5. The Hall–Kier alpha value is -1.27. The number of imidazole rings is 1. The lowest BCUT2D eigenvalue weighted by molar-refractivity contribution is -0.187. The smallest absolute Gasteiger partial charge is 0.330 e. The normalized spacial score (nSPS) is 23.6. The number of fused-ring (bicyclic) bond motifs is 1. The van der Waals surface area contributed by atoms with E-state index in [-0.39, 0.29) is 18.8 Å². The molecule has 1 aromatic carbocycles. The fourth-order valence-corrected chi connectivity index (χ4v) is 3.01. The van der Waals surface area contributed by atoms with Crippen LogP contribution in [0.25, 0.3) is 11.0 Å². The van der Waals surface area contributed by atoms with Crippen LogP contribution in [-0.2, 0) is 12.5 Å². The Morgan fingerprint density at radius 3 is 2.75 bits per heavy atom. The van der Waals surface area contributed by atoms with Gasteiger partial charge in [-0.3, -0.25) is 0 Å². The van der Waals surface area contributed by atoms with Gasteiger partial charge < -0.3 is 9.88 Å². The topological polar surface area (TPSA) is 29.9 Å². The summed E-state index contributed by atoms with van der Waals surface area (Å²) in [6, 6.07) is 4.92. The van der Waals surface area contributed by atoms with E-state index in [1.54, 1.807) is 25.2 Å². The van der Waals surface area contributed by atoms with Crippen molar-refractivity contribution in [1.82, 2.24) is 14.9 Å². The van der Waals surface area contributed by atoms with Crippen molar-refractivity contribution in [3.8, 4) is 0 Å². The molecule has 20 heavy (non-hydrogen) atoms. The van der Waals surface area contributed by atoms with Crippen molar-refractivity contribution in [3.05, 3.63) is 29.0 Å². The van der Waals surface area contributed by atoms with Crippen LogP contribution in [-0.4, -0.2) is 28.8 Å². The molecule has 7 heteroatoms. The van der Waals surface area contributed by atoms with Crippen LogP contribution in [0.1, 0.15) is 12.2 Å². The molecule has 0 saturated carbocycles. The Balaban J connectivity index is 2.25. The van der Waals surface area contributed by atoms with Gasteiger partial charge in [-0.25, -0.2) is 4.98 Å². The number of aryl methyl sites for hydroxylation is 1. The molecular weight excluding hydrogens is 291 g/mol. The molecule has 108 valence electrons. The highest BCUT2D eigenvalue weighted by Gasteiger charge is 2.59. The summed E-state index contributed by atoms with van der Waals surface area (Å²) >= 11 is 5.91. The number of rotatable bonds is 1. The summed E-state index contributed by atoms with van der Waals surface area (Å²) in [4.78, 5) is 4.22. The summed E-state index contributed by atoms with van der Waals surface area (Å²) in [5, 5.41) is 3.29. The number of aromatic nitrogens is 2. The SMILES string of the molecule is Cn1c(C2(C(F)(F)F)CCNC2)nc2ccc(Cl)cc21. The third-order valence-corrected chi connectivity index (χ3v) is 4.20. The maximum Gasteiger partial charge on any atom is 0.402 e. The molecule has 0 aliphatic carbocycles. The molecule has 1 aliphatic rings. The summed E-state index contributed by atoms with van der Waals surface area (Å²) < 4.78 is 42.2. The third kappa shape index (κ3) is 1.82. The number of hydrogen-bond donors (Lipinski definition) is 1. The maximum absolute atomic E-state index is 13.6. The highest BCUT2D eigenvalue weighted by atomic mass is 35.5. The third-order valence-electron chi connectivity index (χ3n) is 3.97. The second kappa shape index (κ2) is 4.36. The summed E-state index contributed by atoms with van der Waals surface area (Å²) in [6.45, 7) is 0.199. The van der Waals surface area contributed by atoms with E-state index in [2.05, 4.69) is 10.3 Å². The van der Waals surface area contributed by atoms with Crippen molar-refractivity contribution < 1.29 is 13.2 Å². The number of hydrogen-bond acceptors (Lipinski definition) is 2. The minimum Gasteiger partial charge on any atom is -0.330 e. The van der Waals surface area contributed by atoms with Crippen molar-refractivity contribution in [2.45, 2.75) is 18.0 Å². The molecule has 2 aromatic rings. The van der Waals surface area contributed by atoms with Crippen molar-refractivity contribution in [2.75, 3.05) is 13.1 Å². The number of alkyl halides is 3. The molecular formula is C13H13ClF3N3. The van der Waals surface area contributed by atoms with Gasteiger partial charge in [-0.05, 0) is 31.2 Å². The van der Waals surface area contributed by atoms with E-state index in [1.807, 2.05) is 0 Å². The van der Waals surface area contributed by atoms with Gasteiger partial charge in [-0.2, -0.15) is 13.2 Å². The van der Waals surface area contributed by atoms with Crippen LogP contribution >= 0.6 is 11.6 Å². The van der Waals surface area contributed by atoms with E-state index in [4.69, 9.17) is 11.6 Å². The number of nitrogens with one attached hydrogen (secondary N) is 1. The average molecular weight is 304 g/mol. The van der Waals surface area contributed by atoms with Gasteiger partial charge in [0.2, 0.25) is 0 Å². The Bertz CT molecular complexity index is 657. The molecule has 0 spiro atoms. The van der Waals surface area contributed by atoms with E-state index >= 15 is 0 Å². The van der Waals surface area contributed by atoms with Gasteiger partial charge in [0.15, 0.2) is 0 Å². The highest BCUT2D eigenvalue weighted by molar-refractivity contribution is 6.31. The second-order valence-corrected chi connectivity index (χ2v) is 5.57. The molecule has 2 heterocycles. The van der Waals surface area contributed by atoms with Gasteiger partial charge in [-0.1, -0.05) is 11.6 Å². The van der Waals surface area contributed by atoms with Gasteiger partial charge in [0.25, 0.3) is 0 Å². The van der Waals surface area contributed by atoms with Gasteiger partial charge in [-0.15, -0.1) is 0 Å². The van der Waals surface area contributed by atoms with E-state index in [9.17, 15) is 13.2 Å². The zero-order chi connectivity index (χ0) is 14.5. The average Bonchev–Trinajstić information content (AvgIpc) is 2.95. The maximum atomic E-state index is 13.6. The fraction of sp³-hybridized carbons (Fsp3) is 0.462. The van der Waals surface area contributed by atoms with E-state index in [1.165, 1.54) is 4.57 Å². The van der Waals surface area contributed by atoms with Crippen molar-refractivity contribution in [1.29, 1.82) is 0 Å². The molecule has 1 atom stereocenters. The summed E-state index contributed by atoms with van der Waals surface area (Å²) in [7, 11) is 1.60. The predicted molar refractivity (Wildman–Crippen MR) is 70.9 cm³/mol. The highest BCUT2D eigenvalue weighted by Crippen LogP contribution is 2.45. The van der Waals surface area contributed by atoms with Crippen molar-refractivity contribution in [2.24, 2.45) is 7.05 Å². The summed E-state index contributed by atoms with van der Waals surface area (Å²) in [5.41, 5.74) is -0.779. The molecule has 1 saturated heterocycles. The first-order valence-corrected chi connectivity index (χ1v) is 6.63. The quantitative estimate of drug-likeness (QED) is 0.877. The monoisotopic (exact) mass is 303 g/mol. The molecule has 1 aliphatic heterocycles. The molecule has 0 bridgehead atoms. The number of benzene rings is 1. The first kappa shape index (κ1) is 13.7. The van der Waals surface area contributed by atoms with E-state index in [0.29, 0.717) is 22.6 Å². The molecule has 0 amide bonds. The molecule has 1 N–H and O–H groups in total. The second-order valence-electron chi connectivity index (χ2n) is 5.13. The Labute approximate surface area is 118 Å². The molecule has 1 unspecified atom stereocenters. The summed E-state index contributed by atoms with van der Waals surface area (Å²) in [5.74, 6) is 0.0484. The van der Waals surface area contributed by atoms with Crippen LogP contribution in [0.15, 0.2) is 18.2 Å². The zero-order valence-electron chi connectivity index (χ0n) is 10.8. The minimum atomic E-state index is -4.34. The lowest BCUT2D eigenvalue weighted by atomic mass is 9.85. The van der Waals surface area contributed by atoms with Gasteiger partial charge >= 0.3 is 6.18 Å². The minimum absolute atomic E-state index is 0.00138. The van der Waals surface area contributed by atoms with Crippen LogP contribution in [0.4, 0.5) is 13.2 Å². The fourth-order valence-electron chi connectivity index (χ4n) is 2.84. The first-order chi connectivity index (χ1) is 9.35. The molecule has 0 radical (unpaired) electrons. The number of nitrogens with zero attached hydrogens (tertiary/aromatic N) is 2. The molecule has 3 nitrogen and oxygen atoms in total. The van der Waals surface area contributed by atoms with E-state index in [0.717, 1.165) is 0 Å². The van der Waals surface area contributed by atoms with Gasteiger partial charge in [0.1, 0.15) is 11.2 Å².